The number of hydrogen-bond acceptors (Lipinski definition) is 3. The summed E-state index contributed by atoms with van der Waals surface area (Å²) in [6, 6.07) is 0. The number of carbonyl (C=O) groups excluding carboxylic acids is 2. The van der Waals surface area contributed by atoms with Crippen molar-refractivity contribution >= 4 is 35.1 Å². The highest BCUT2D eigenvalue weighted by molar-refractivity contribution is 6.30. The number of hydrogen-bond donors (Lipinski definition) is 0. The van der Waals surface area contributed by atoms with Gasteiger partial charge in [0, 0.05) is 0 Å². The van der Waals surface area contributed by atoms with Crippen LogP contribution in [-0.2, 0) is 14.3 Å². The third-order valence-electron chi connectivity index (χ3n) is 2.64. The van der Waals surface area contributed by atoms with E-state index < -0.39 is 11.9 Å². The van der Waals surface area contributed by atoms with E-state index in [1.54, 1.807) is 0 Å². The first-order valence-electron chi connectivity index (χ1n) is 4.13. The topological polar surface area (TPSA) is 43.4 Å². The van der Waals surface area contributed by atoms with E-state index in [2.05, 4.69) is 4.74 Å². The lowest BCUT2D eigenvalue weighted by molar-refractivity contribution is -0.153. The smallest absolute Gasteiger partial charge is 0.317 e. The van der Waals surface area contributed by atoms with Crippen LogP contribution in [0.3, 0.4) is 0 Å². The number of fused-ring (bicyclic) bond motifs is 1. The van der Waals surface area contributed by atoms with Gasteiger partial charge in [-0.1, -0.05) is 0 Å². The van der Waals surface area contributed by atoms with Crippen LogP contribution in [0.1, 0.15) is 12.8 Å². The molecule has 1 aliphatic carbocycles. The quantitative estimate of drug-likeness (QED) is 0.353. The molecule has 0 radical (unpaired) electrons. The molecule has 3 nitrogen and oxygen atoms in total. The maximum Gasteiger partial charge on any atom is 0.317 e. The molecule has 1 heterocycles. The van der Waals surface area contributed by atoms with Crippen molar-refractivity contribution in [2.24, 2.45) is 11.8 Å². The lowest BCUT2D eigenvalue weighted by atomic mass is 9.80. The Kier molecular flexibility index (Phi) is 2.24. The van der Waals surface area contributed by atoms with Gasteiger partial charge in [0.15, 0.2) is 0 Å². The Morgan fingerprint density at radius 3 is 1.77 bits per heavy atom. The Morgan fingerprint density at radius 2 is 1.38 bits per heavy atom. The predicted octanol–water partition coefficient (Wildman–Crippen LogP) is 1.31. The van der Waals surface area contributed by atoms with Crippen LogP contribution in [0.4, 0.5) is 0 Å². The first-order valence-corrected chi connectivity index (χ1v) is 5.00. The second kappa shape index (κ2) is 3.14. The van der Waals surface area contributed by atoms with Crippen molar-refractivity contribution in [1.82, 2.24) is 0 Å². The number of carbonyl (C=O) groups is 2. The maximum atomic E-state index is 11.1. The molecule has 0 unspecified atom stereocenters. The molecule has 1 saturated heterocycles. The zero-order valence-electron chi connectivity index (χ0n) is 6.70. The molecule has 5 heteroatoms. The van der Waals surface area contributed by atoms with Crippen LogP contribution in [0, 0.1) is 11.8 Å². The Morgan fingerprint density at radius 1 is 1.00 bits per heavy atom. The van der Waals surface area contributed by atoms with Crippen LogP contribution >= 0.6 is 23.2 Å². The normalized spacial score (nSPS) is 44.5. The minimum absolute atomic E-state index is 0.235. The minimum atomic E-state index is -0.441. The van der Waals surface area contributed by atoms with E-state index in [9.17, 15) is 9.59 Å². The molecule has 72 valence electrons. The number of esters is 2. The molecule has 0 aromatic heterocycles. The summed E-state index contributed by atoms with van der Waals surface area (Å²) >= 11 is 11.8. The summed E-state index contributed by atoms with van der Waals surface area (Å²) in [6.45, 7) is 0. The summed E-state index contributed by atoms with van der Waals surface area (Å²) in [7, 11) is 0. The van der Waals surface area contributed by atoms with Crippen LogP contribution in [0.15, 0.2) is 0 Å². The monoisotopic (exact) mass is 222 g/mol. The molecule has 4 atom stereocenters. The molecule has 0 aromatic rings. The predicted molar refractivity (Wildman–Crippen MR) is 46.6 cm³/mol. The van der Waals surface area contributed by atoms with Gasteiger partial charge in [-0.05, 0) is 12.8 Å². The van der Waals surface area contributed by atoms with Gasteiger partial charge in [-0.2, -0.15) is 0 Å². The molecular weight excluding hydrogens is 215 g/mol. The van der Waals surface area contributed by atoms with Gasteiger partial charge in [0.05, 0.1) is 22.6 Å². The van der Waals surface area contributed by atoms with Crippen molar-refractivity contribution < 1.29 is 14.3 Å². The molecule has 1 aliphatic heterocycles. The van der Waals surface area contributed by atoms with Gasteiger partial charge < -0.3 is 4.74 Å². The third-order valence-corrected chi connectivity index (χ3v) is 3.74. The molecule has 0 aromatic carbocycles. The standard InChI is InChI=1S/C8H8Cl2O3/c9-5-1-3-4(2-6(5)10)8(12)13-7(3)11/h3-6H,1-2H2/t3-,4+,5+,6-. The molecule has 0 N–H and O–H groups in total. The number of rotatable bonds is 0. The first-order chi connectivity index (χ1) is 6.09. The average molecular weight is 223 g/mol. The van der Waals surface area contributed by atoms with E-state index in [0.717, 1.165) is 0 Å². The fraction of sp³-hybridized carbons (Fsp3) is 0.750. The Hall–Kier alpha value is -0.280. The SMILES string of the molecule is O=C1OC(=O)[C@@H]2C[C@H](Cl)[C@H](Cl)C[C@H]12. The molecular formula is C8H8Cl2O3. The summed E-state index contributed by atoms with van der Waals surface area (Å²) in [4.78, 5) is 22.3. The Balaban J connectivity index is 2.19. The van der Waals surface area contributed by atoms with Gasteiger partial charge in [0.1, 0.15) is 0 Å². The van der Waals surface area contributed by atoms with Crippen LogP contribution in [0.25, 0.3) is 0 Å². The summed E-state index contributed by atoms with van der Waals surface area (Å²) in [6.07, 6.45) is 0.899. The molecule has 2 fully saturated rings. The number of cyclic esters (lactones) is 2. The fourth-order valence-corrected chi connectivity index (χ4v) is 2.47. The van der Waals surface area contributed by atoms with Gasteiger partial charge in [0.25, 0.3) is 0 Å². The van der Waals surface area contributed by atoms with Crippen LogP contribution in [0.5, 0.6) is 0 Å². The van der Waals surface area contributed by atoms with E-state index in [1.165, 1.54) is 0 Å². The lowest BCUT2D eigenvalue weighted by Gasteiger charge is -2.27. The molecule has 0 amide bonds. The zero-order chi connectivity index (χ0) is 9.59. The summed E-state index contributed by atoms with van der Waals surface area (Å²) in [5.74, 6) is -1.59. The van der Waals surface area contributed by atoms with Gasteiger partial charge in [-0.3, -0.25) is 9.59 Å². The second-order valence-electron chi connectivity index (χ2n) is 3.46. The first kappa shape index (κ1) is 9.28. The highest BCUT2D eigenvalue weighted by Gasteiger charge is 2.49. The van der Waals surface area contributed by atoms with Crippen LogP contribution in [-0.4, -0.2) is 22.7 Å². The molecule has 0 spiro atoms. The number of alkyl halides is 2. The van der Waals surface area contributed by atoms with Crippen LogP contribution < -0.4 is 0 Å². The third kappa shape index (κ3) is 1.44. The minimum Gasteiger partial charge on any atom is -0.393 e. The van der Waals surface area contributed by atoms with E-state index in [1.807, 2.05) is 0 Å². The maximum absolute atomic E-state index is 11.1. The number of halogens is 2. The highest BCUT2D eigenvalue weighted by Crippen LogP contribution is 2.40. The largest absolute Gasteiger partial charge is 0.393 e. The number of ether oxygens (including phenoxy) is 1. The fourth-order valence-electron chi connectivity index (χ4n) is 1.88. The molecule has 2 aliphatic rings. The van der Waals surface area contributed by atoms with E-state index in [0.29, 0.717) is 12.8 Å². The van der Waals surface area contributed by atoms with E-state index in [-0.39, 0.29) is 22.6 Å². The summed E-state index contributed by atoms with van der Waals surface area (Å²) in [5.41, 5.74) is 0. The van der Waals surface area contributed by atoms with Crippen molar-refractivity contribution in [3.8, 4) is 0 Å². The molecule has 0 bridgehead atoms. The Bertz CT molecular complexity index is 240. The van der Waals surface area contributed by atoms with Crippen molar-refractivity contribution in [3.63, 3.8) is 0 Å². The zero-order valence-corrected chi connectivity index (χ0v) is 8.22. The van der Waals surface area contributed by atoms with Crippen molar-refractivity contribution in [2.45, 2.75) is 23.6 Å². The van der Waals surface area contributed by atoms with Crippen LogP contribution in [0.2, 0.25) is 0 Å². The van der Waals surface area contributed by atoms with Gasteiger partial charge in [-0.25, -0.2) is 0 Å². The Labute approximate surface area is 85.3 Å². The molecule has 2 rings (SSSR count). The van der Waals surface area contributed by atoms with E-state index >= 15 is 0 Å². The van der Waals surface area contributed by atoms with E-state index in [4.69, 9.17) is 23.2 Å². The summed E-state index contributed by atoms with van der Waals surface area (Å²) in [5, 5.41) is -0.470. The lowest BCUT2D eigenvalue weighted by Crippen LogP contribution is -2.34. The average Bonchev–Trinajstić information content (AvgIpc) is 2.31. The van der Waals surface area contributed by atoms with Crippen molar-refractivity contribution in [2.75, 3.05) is 0 Å². The van der Waals surface area contributed by atoms with Crippen molar-refractivity contribution in [3.05, 3.63) is 0 Å². The molecule has 13 heavy (non-hydrogen) atoms. The molecule has 1 saturated carbocycles. The van der Waals surface area contributed by atoms with Gasteiger partial charge in [0.2, 0.25) is 0 Å². The highest BCUT2D eigenvalue weighted by atomic mass is 35.5. The van der Waals surface area contributed by atoms with Crippen molar-refractivity contribution in [1.29, 1.82) is 0 Å². The summed E-state index contributed by atoms with van der Waals surface area (Å²) < 4.78 is 4.51. The van der Waals surface area contributed by atoms with Gasteiger partial charge >= 0.3 is 11.9 Å². The second-order valence-corrected chi connectivity index (χ2v) is 4.58. The van der Waals surface area contributed by atoms with Gasteiger partial charge in [-0.15, -0.1) is 23.2 Å².